The Morgan fingerprint density at radius 1 is 1.59 bits per heavy atom. The summed E-state index contributed by atoms with van der Waals surface area (Å²) in [4.78, 5) is 14.5. The Kier molecular flexibility index (Phi) is 5.15. The number of carboxylic acids is 1. The number of carbonyl (C=O) groups is 1. The first kappa shape index (κ1) is 13.7. The summed E-state index contributed by atoms with van der Waals surface area (Å²) in [6.45, 7) is 3.92. The van der Waals surface area contributed by atoms with E-state index in [9.17, 15) is 4.79 Å². The number of hydrogen-bond acceptors (Lipinski definition) is 3. The molecule has 0 fully saturated rings. The van der Waals surface area contributed by atoms with Crippen LogP contribution < -0.4 is 4.74 Å². The van der Waals surface area contributed by atoms with E-state index in [0.29, 0.717) is 10.4 Å². The van der Waals surface area contributed by atoms with Crippen molar-refractivity contribution in [3.05, 3.63) is 35.1 Å². The average molecular weight is 300 g/mol. The highest BCUT2D eigenvalue weighted by atomic mass is 79.9. The van der Waals surface area contributed by atoms with E-state index >= 15 is 0 Å². The van der Waals surface area contributed by atoms with Crippen molar-refractivity contribution >= 4 is 21.9 Å². The van der Waals surface area contributed by atoms with Crippen LogP contribution in [0.5, 0.6) is 5.75 Å². The van der Waals surface area contributed by atoms with Gasteiger partial charge in [-0.15, -0.1) is 0 Å². The van der Waals surface area contributed by atoms with Crippen molar-refractivity contribution in [1.82, 2.24) is 4.98 Å². The molecule has 4 nitrogen and oxygen atoms in total. The monoisotopic (exact) mass is 299 g/mol. The number of ether oxygens (including phenoxy) is 1. The van der Waals surface area contributed by atoms with Gasteiger partial charge in [0.1, 0.15) is 10.7 Å². The molecule has 5 heteroatoms. The zero-order valence-electron chi connectivity index (χ0n) is 9.63. The van der Waals surface area contributed by atoms with Crippen molar-refractivity contribution in [3.8, 4) is 5.75 Å². The van der Waals surface area contributed by atoms with E-state index in [2.05, 4.69) is 20.9 Å². The number of aromatic nitrogens is 1. The molecule has 1 rings (SSSR count). The normalized spacial score (nSPS) is 12.9. The molecule has 0 aliphatic heterocycles. The molecule has 0 aliphatic carbocycles. The summed E-state index contributed by atoms with van der Waals surface area (Å²) in [5, 5.41) is 8.60. The summed E-state index contributed by atoms with van der Waals surface area (Å²) in [5.41, 5.74) is 0. The van der Waals surface area contributed by atoms with Crippen molar-refractivity contribution in [2.75, 3.05) is 0 Å². The van der Waals surface area contributed by atoms with E-state index in [1.54, 1.807) is 18.3 Å². The minimum atomic E-state index is -0.982. The summed E-state index contributed by atoms with van der Waals surface area (Å²) < 4.78 is 6.30. The van der Waals surface area contributed by atoms with Gasteiger partial charge in [-0.25, -0.2) is 9.78 Å². The van der Waals surface area contributed by atoms with Gasteiger partial charge in [-0.1, -0.05) is 13.8 Å². The topological polar surface area (TPSA) is 59.4 Å². The minimum absolute atomic E-state index is 0.165. The van der Waals surface area contributed by atoms with Crippen LogP contribution in [0.2, 0.25) is 0 Å². The van der Waals surface area contributed by atoms with E-state index in [1.807, 2.05) is 13.8 Å². The lowest BCUT2D eigenvalue weighted by atomic mass is 10.1. The van der Waals surface area contributed by atoms with Crippen molar-refractivity contribution < 1.29 is 14.6 Å². The second-order valence-corrected chi connectivity index (χ2v) is 4.57. The highest BCUT2D eigenvalue weighted by molar-refractivity contribution is 9.10. The van der Waals surface area contributed by atoms with E-state index < -0.39 is 5.97 Å². The first-order valence-corrected chi connectivity index (χ1v) is 5.98. The van der Waals surface area contributed by atoms with Crippen LogP contribution in [-0.4, -0.2) is 22.2 Å². The smallest absolute Gasteiger partial charge is 0.328 e. The number of aliphatic carboxylic acids is 1. The van der Waals surface area contributed by atoms with E-state index in [4.69, 9.17) is 9.84 Å². The van der Waals surface area contributed by atoms with E-state index in [1.165, 1.54) is 6.08 Å². The molecule has 1 heterocycles. The molecule has 1 aromatic heterocycles. The second-order valence-electron chi connectivity index (χ2n) is 3.82. The van der Waals surface area contributed by atoms with Crippen LogP contribution in [0.25, 0.3) is 0 Å². The van der Waals surface area contributed by atoms with Crippen molar-refractivity contribution in [3.63, 3.8) is 0 Å². The number of pyridine rings is 1. The lowest BCUT2D eigenvalue weighted by Crippen LogP contribution is -2.21. The molecule has 1 N–H and O–H groups in total. The fourth-order valence-electron chi connectivity index (χ4n) is 1.18. The molecular formula is C12H14BrNO3. The Morgan fingerprint density at radius 3 is 2.82 bits per heavy atom. The molecule has 0 saturated carbocycles. The third-order valence-electron chi connectivity index (χ3n) is 2.07. The lowest BCUT2D eigenvalue weighted by molar-refractivity contribution is -0.131. The van der Waals surface area contributed by atoms with Crippen LogP contribution in [0.3, 0.4) is 0 Å². The number of rotatable bonds is 5. The van der Waals surface area contributed by atoms with Crippen LogP contribution in [-0.2, 0) is 4.79 Å². The lowest BCUT2D eigenvalue weighted by Gasteiger charge is -2.19. The number of hydrogen-bond donors (Lipinski definition) is 1. The van der Waals surface area contributed by atoms with Gasteiger partial charge in [0.15, 0.2) is 5.75 Å². The minimum Gasteiger partial charge on any atom is -0.483 e. The van der Waals surface area contributed by atoms with Crippen LogP contribution in [0, 0.1) is 5.92 Å². The molecule has 17 heavy (non-hydrogen) atoms. The molecule has 92 valence electrons. The van der Waals surface area contributed by atoms with Gasteiger partial charge in [0.05, 0.1) is 0 Å². The van der Waals surface area contributed by atoms with Gasteiger partial charge in [0.2, 0.25) is 0 Å². The second kappa shape index (κ2) is 6.39. The van der Waals surface area contributed by atoms with Gasteiger partial charge in [0, 0.05) is 12.3 Å². The maximum atomic E-state index is 10.5. The molecule has 1 atom stereocenters. The predicted octanol–water partition coefficient (Wildman–Crippen LogP) is 2.89. The maximum Gasteiger partial charge on any atom is 0.328 e. The predicted molar refractivity (Wildman–Crippen MR) is 68.0 cm³/mol. The quantitative estimate of drug-likeness (QED) is 0.671. The molecule has 0 radical (unpaired) electrons. The van der Waals surface area contributed by atoms with E-state index in [0.717, 1.165) is 6.08 Å². The van der Waals surface area contributed by atoms with Gasteiger partial charge >= 0.3 is 5.97 Å². The van der Waals surface area contributed by atoms with Crippen LogP contribution in [0.4, 0.5) is 0 Å². The SMILES string of the molecule is CC(C)C(/C=C/C(=O)O)Oc1cccnc1Br. The van der Waals surface area contributed by atoms with Gasteiger partial charge in [-0.05, 0) is 40.1 Å². The zero-order chi connectivity index (χ0) is 12.8. The fourth-order valence-corrected chi connectivity index (χ4v) is 1.52. The van der Waals surface area contributed by atoms with Crippen LogP contribution in [0.1, 0.15) is 13.8 Å². The summed E-state index contributed by atoms with van der Waals surface area (Å²) in [7, 11) is 0. The van der Waals surface area contributed by atoms with E-state index in [-0.39, 0.29) is 12.0 Å². The Morgan fingerprint density at radius 2 is 2.29 bits per heavy atom. The third-order valence-corrected chi connectivity index (χ3v) is 2.67. The summed E-state index contributed by atoms with van der Waals surface area (Å²) in [5.74, 6) is -0.219. The van der Waals surface area contributed by atoms with Crippen molar-refractivity contribution in [2.45, 2.75) is 20.0 Å². The first-order chi connectivity index (χ1) is 8.00. The van der Waals surface area contributed by atoms with Gasteiger partial charge in [-0.3, -0.25) is 0 Å². The number of nitrogens with zero attached hydrogens (tertiary/aromatic N) is 1. The molecule has 0 bridgehead atoms. The summed E-state index contributed by atoms with van der Waals surface area (Å²) >= 11 is 3.28. The fraction of sp³-hybridized carbons (Fsp3) is 0.333. The molecule has 1 unspecified atom stereocenters. The molecule has 1 aromatic rings. The molecule has 0 aliphatic rings. The molecule has 0 aromatic carbocycles. The van der Waals surface area contributed by atoms with Crippen LogP contribution >= 0.6 is 15.9 Å². The van der Waals surface area contributed by atoms with Gasteiger partial charge in [-0.2, -0.15) is 0 Å². The first-order valence-electron chi connectivity index (χ1n) is 5.19. The molecule has 0 saturated heterocycles. The zero-order valence-corrected chi connectivity index (χ0v) is 11.2. The summed E-state index contributed by atoms with van der Waals surface area (Å²) in [6.07, 6.45) is 3.97. The highest BCUT2D eigenvalue weighted by Gasteiger charge is 2.14. The number of halogens is 1. The molecule has 0 spiro atoms. The van der Waals surface area contributed by atoms with Crippen molar-refractivity contribution in [1.29, 1.82) is 0 Å². The molecule has 0 amide bonds. The average Bonchev–Trinajstić information content (AvgIpc) is 2.25. The maximum absolute atomic E-state index is 10.5. The molecular weight excluding hydrogens is 286 g/mol. The Labute approximate surface area is 108 Å². The summed E-state index contributed by atoms with van der Waals surface area (Å²) in [6, 6.07) is 3.54. The highest BCUT2D eigenvalue weighted by Crippen LogP contribution is 2.24. The van der Waals surface area contributed by atoms with Gasteiger partial charge < -0.3 is 9.84 Å². The third kappa shape index (κ3) is 4.56. The largest absolute Gasteiger partial charge is 0.483 e. The Hall–Kier alpha value is -1.36. The van der Waals surface area contributed by atoms with Gasteiger partial charge in [0.25, 0.3) is 0 Å². The Balaban J connectivity index is 2.81. The van der Waals surface area contributed by atoms with Crippen molar-refractivity contribution in [2.24, 2.45) is 5.92 Å². The Bertz CT molecular complexity index is 418. The number of carboxylic acid groups (broad SMARTS) is 1. The standard InChI is InChI=1S/C12H14BrNO3/c1-8(2)9(5-6-11(15)16)17-10-4-3-7-14-12(10)13/h3-9H,1-2H3,(H,15,16)/b6-5+. The van der Waals surface area contributed by atoms with Crippen LogP contribution in [0.15, 0.2) is 35.1 Å².